The van der Waals surface area contributed by atoms with Gasteiger partial charge in [-0.25, -0.2) is 33.4 Å². The van der Waals surface area contributed by atoms with E-state index in [9.17, 15) is 33.1 Å². The Labute approximate surface area is 315 Å². The molecule has 0 aliphatic carbocycles. The summed E-state index contributed by atoms with van der Waals surface area (Å²) in [5.74, 6) is 1.07. The molecule has 9 N–H and O–H groups in total. The van der Waals surface area contributed by atoms with Crippen LogP contribution in [0.5, 0.6) is 0 Å². The number of carbonyl (C=O) groups excluding carboxylic acids is 2. The number of hydrogen-bond acceptors (Lipinski definition) is 17. The molecule has 28 heteroatoms. The van der Waals surface area contributed by atoms with Crippen LogP contribution in [0.1, 0.15) is 52.2 Å². The summed E-state index contributed by atoms with van der Waals surface area (Å²) in [5, 5.41) is 9.23. The van der Waals surface area contributed by atoms with Crippen LogP contribution in [-0.4, -0.2) is 110 Å². The van der Waals surface area contributed by atoms with Crippen molar-refractivity contribution in [2.75, 3.05) is 30.6 Å². The zero-order valence-corrected chi connectivity index (χ0v) is 33.4. The lowest BCUT2D eigenvalue weighted by Gasteiger charge is -2.24. The topological polar surface area (TPSA) is 318 Å². The van der Waals surface area contributed by atoms with Crippen LogP contribution in [0.4, 0.5) is 10.6 Å². The van der Waals surface area contributed by atoms with Crippen molar-refractivity contribution >= 4 is 85.7 Å². The molecule has 53 heavy (non-hydrogen) atoms. The number of fused-ring (bicyclic) bond motifs is 2. The van der Waals surface area contributed by atoms with E-state index < -0.39 is 53.3 Å². The second-order valence-corrected chi connectivity index (χ2v) is 21.4. The summed E-state index contributed by atoms with van der Waals surface area (Å²) < 4.78 is 60.8. The Hall–Kier alpha value is -1.53. The molecule has 22 nitrogen and oxygen atoms in total. The molecule has 3 aliphatic rings. The molecule has 6 unspecified atom stereocenters. The summed E-state index contributed by atoms with van der Waals surface area (Å²) >= 11 is 1.84. The molecule has 3 amide bonds. The van der Waals surface area contributed by atoms with Gasteiger partial charge in [0.2, 0.25) is 5.91 Å². The Morgan fingerprint density at radius 1 is 1.15 bits per heavy atom. The van der Waals surface area contributed by atoms with Crippen LogP contribution >= 0.6 is 56.8 Å². The van der Waals surface area contributed by atoms with Crippen LogP contribution in [-0.2, 0) is 41.1 Å². The molecule has 3 aliphatic heterocycles. The number of urea groups is 1. The second-order valence-electron chi connectivity index (χ2n) is 12.8. The number of aromatic nitrogens is 4. The van der Waals surface area contributed by atoms with Gasteiger partial charge in [0.15, 0.2) is 11.5 Å². The molecule has 0 radical (unpaired) electrons. The van der Waals surface area contributed by atoms with Crippen molar-refractivity contribution in [2.24, 2.45) is 0 Å². The molecular weight excluding hydrogens is 825 g/mol. The van der Waals surface area contributed by atoms with Gasteiger partial charge in [-0.3, -0.25) is 13.9 Å². The van der Waals surface area contributed by atoms with Crippen LogP contribution in [0.3, 0.4) is 0 Å². The van der Waals surface area contributed by atoms with Gasteiger partial charge < -0.3 is 50.7 Å². The fraction of sp³-hybridized carbons (Fsp3) is 0.720. The summed E-state index contributed by atoms with van der Waals surface area (Å²) in [6.45, 7) is 3.58. The monoisotopic (exact) mass is 866 g/mol. The smallest absolute Gasteiger partial charge is 0.382 e. The molecular formula is C25H41N8O14P3S3. The minimum Gasteiger partial charge on any atom is -0.382 e. The van der Waals surface area contributed by atoms with Gasteiger partial charge in [-0.1, -0.05) is 28.0 Å². The first-order chi connectivity index (χ1) is 24.8. The SMILES string of the molecule is CC(C)(CNC(=O)CCCCC1SCC2NC(=O)NC21)SSCOC1C[C@H](n2cnc3c(N)ncnc32)O[C@@H]1COP(=O)(O)OP(=O)(O)OP(=O)(O)O. The number of phosphoric acid groups is 3. The average Bonchev–Trinajstić information content (AvgIpc) is 3.82. The van der Waals surface area contributed by atoms with Crippen LogP contribution in [0.2, 0.25) is 0 Å². The molecule has 0 bridgehead atoms. The zero-order chi connectivity index (χ0) is 38.6. The predicted octanol–water partition coefficient (Wildman–Crippen LogP) is 2.38. The number of rotatable bonds is 20. The molecule has 0 aromatic carbocycles. The lowest BCUT2D eigenvalue weighted by molar-refractivity contribution is -0.121. The maximum atomic E-state index is 12.6. The summed E-state index contributed by atoms with van der Waals surface area (Å²) in [4.78, 5) is 73.5. The number of hydrogen-bond donors (Lipinski definition) is 8. The quantitative estimate of drug-likeness (QED) is 0.0311. The lowest BCUT2D eigenvalue weighted by Crippen LogP contribution is -2.37. The van der Waals surface area contributed by atoms with Crippen LogP contribution < -0.4 is 21.7 Å². The number of nitrogen functional groups attached to an aromatic ring is 1. The van der Waals surface area contributed by atoms with E-state index in [0.29, 0.717) is 29.4 Å². The van der Waals surface area contributed by atoms with Gasteiger partial charge in [-0.05, 0) is 26.7 Å². The van der Waals surface area contributed by atoms with Crippen LogP contribution in [0.15, 0.2) is 12.7 Å². The highest BCUT2D eigenvalue weighted by Crippen LogP contribution is 2.66. The Morgan fingerprint density at radius 2 is 1.92 bits per heavy atom. The van der Waals surface area contributed by atoms with Gasteiger partial charge in [0.05, 0.1) is 31.1 Å². The number of carbonyl (C=O) groups is 2. The number of amides is 3. The predicted molar refractivity (Wildman–Crippen MR) is 194 cm³/mol. The van der Waals surface area contributed by atoms with E-state index in [1.165, 1.54) is 34.2 Å². The summed E-state index contributed by atoms with van der Waals surface area (Å²) in [7, 11) is -13.9. The zero-order valence-electron chi connectivity index (χ0n) is 28.3. The number of imidazole rings is 1. The van der Waals surface area contributed by atoms with Gasteiger partial charge in [0, 0.05) is 35.1 Å². The van der Waals surface area contributed by atoms with Crippen LogP contribution in [0.25, 0.3) is 11.2 Å². The van der Waals surface area contributed by atoms with E-state index in [4.69, 9.17) is 29.5 Å². The highest BCUT2D eigenvalue weighted by Gasteiger charge is 2.44. The van der Waals surface area contributed by atoms with E-state index in [2.05, 4.69) is 39.5 Å². The number of ether oxygens (including phenoxy) is 2. The van der Waals surface area contributed by atoms with E-state index in [0.717, 1.165) is 25.0 Å². The molecule has 298 valence electrons. The minimum absolute atomic E-state index is 0.0558. The van der Waals surface area contributed by atoms with Crippen molar-refractivity contribution in [3.63, 3.8) is 0 Å². The molecule has 8 atom stereocenters. The van der Waals surface area contributed by atoms with E-state index in [1.807, 2.05) is 25.6 Å². The van der Waals surface area contributed by atoms with Crippen molar-refractivity contribution in [1.29, 1.82) is 0 Å². The number of phosphoric ester groups is 1. The van der Waals surface area contributed by atoms with Gasteiger partial charge >= 0.3 is 29.5 Å². The Bertz CT molecular complexity index is 1770. The Morgan fingerprint density at radius 3 is 2.68 bits per heavy atom. The molecule has 3 saturated heterocycles. The number of nitrogens with two attached hydrogens (primary N) is 1. The minimum atomic E-state index is -5.72. The van der Waals surface area contributed by atoms with E-state index in [1.54, 1.807) is 4.57 Å². The molecule has 2 aromatic rings. The molecule has 0 spiro atoms. The summed E-state index contributed by atoms with van der Waals surface area (Å²) in [5.41, 5.74) is 6.55. The lowest BCUT2D eigenvalue weighted by atomic mass is 10.0. The third-order valence-corrected chi connectivity index (χ3v) is 16.4. The highest BCUT2D eigenvalue weighted by molar-refractivity contribution is 8.77. The maximum Gasteiger partial charge on any atom is 0.490 e. The largest absolute Gasteiger partial charge is 0.490 e. The Balaban J connectivity index is 1.08. The van der Waals surface area contributed by atoms with E-state index in [-0.39, 0.29) is 42.2 Å². The first kappa shape index (κ1) is 42.6. The first-order valence-corrected chi connectivity index (χ1v) is 23.9. The normalized spacial score (nSPS) is 26.9. The van der Waals surface area contributed by atoms with E-state index >= 15 is 0 Å². The van der Waals surface area contributed by atoms with Gasteiger partial charge in [-0.15, -0.1) is 0 Å². The standard InChI is InChI=1S/C25H41N8O14P3S3/c1-25(2,10-27-18(34)6-4-3-5-17-20-14(9-51-17)31-24(35)32-20)53-52-13-43-15-7-19(33-12-30-21-22(26)28-11-29-23(21)33)45-16(15)8-44-49(39,40)47-50(41,42)46-48(36,37)38/h11-12,14-17,19-20H,3-10,13H2,1-2H3,(H,27,34)(H,39,40)(H,41,42)(H2,26,28,29)(H2,31,32,35)(H2,36,37,38)/t14?,15?,16-,17?,19-,20?/m1/s1. The first-order valence-electron chi connectivity index (χ1n) is 16.0. The van der Waals surface area contributed by atoms with Gasteiger partial charge in [0.1, 0.15) is 30.1 Å². The van der Waals surface area contributed by atoms with Crippen molar-refractivity contribution in [2.45, 2.75) is 86.5 Å². The third-order valence-electron chi connectivity index (χ3n) is 8.10. The highest BCUT2D eigenvalue weighted by atomic mass is 33.1. The average molecular weight is 867 g/mol. The van der Waals surface area contributed by atoms with Crippen molar-refractivity contribution < 1.29 is 65.5 Å². The molecule has 5 rings (SSSR count). The molecule has 0 saturated carbocycles. The number of nitrogens with one attached hydrogen (secondary N) is 3. The van der Waals surface area contributed by atoms with Crippen molar-refractivity contribution in [3.8, 4) is 0 Å². The maximum absolute atomic E-state index is 12.6. The van der Waals surface area contributed by atoms with Gasteiger partial charge in [0.25, 0.3) is 0 Å². The van der Waals surface area contributed by atoms with Crippen LogP contribution in [0, 0.1) is 0 Å². The molecule has 3 fully saturated rings. The summed E-state index contributed by atoms with van der Waals surface area (Å²) in [6.07, 6.45) is 3.12. The van der Waals surface area contributed by atoms with Crippen molar-refractivity contribution in [1.82, 2.24) is 35.5 Å². The Kier molecular flexibility index (Phi) is 14.3. The fourth-order valence-corrected chi connectivity index (χ4v) is 12.5. The second kappa shape index (κ2) is 17.7. The number of anilines is 1. The number of nitrogens with zero attached hydrogens (tertiary/aromatic N) is 4. The third kappa shape index (κ3) is 12.5. The van der Waals surface area contributed by atoms with Gasteiger partial charge in [-0.2, -0.15) is 20.4 Å². The molecule has 2 aromatic heterocycles. The molecule has 5 heterocycles. The van der Waals surface area contributed by atoms with Crippen molar-refractivity contribution in [3.05, 3.63) is 12.7 Å². The number of unbranched alkanes of at least 4 members (excludes halogenated alkanes) is 1. The fourth-order valence-electron chi connectivity index (χ4n) is 5.75. The summed E-state index contributed by atoms with van der Waals surface area (Å²) in [6, 6.07) is 0.197. The number of thioether (sulfide) groups is 1.